The molecule has 34 heavy (non-hydrogen) atoms. The molecule has 3 heterocycles. The fourth-order valence-corrected chi connectivity index (χ4v) is 3.98. The van der Waals surface area contributed by atoms with Gasteiger partial charge in [-0.1, -0.05) is 37.6 Å². The van der Waals surface area contributed by atoms with E-state index in [4.69, 9.17) is 21.1 Å². The van der Waals surface area contributed by atoms with Crippen molar-refractivity contribution in [3.63, 3.8) is 0 Å². The Bertz CT molecular complexity index is 1110. The van der Waals surface area contributed by atoms with Gasteiger partial charge in [0, 0.05) is 18.3 Å². The quantitative estimate of drug-likeness (QED) is 0.562. The standard InChI is InChI=1S/C23H26ClN5O5/c1-14(2)9-18(29-13-15(10-21(29)30)33-19-6-4-3-5-17(19)24)22(31)26-20-7-8-28(27-20)12-16-11-25-23(32)34-16/h3-8,10,14,16,18H,9,11-13H2,1-2H3,(H,25,32)(H,26,27,31)/t16-,18-/m0/s1. The molecule has 2 aliphatic heterocycles. The van der Waals surface area contributed by atoms with Crippen LogP contribution in [0, 0.1) is 5.92 Å². The van der Waals surface area contributed by atoms with Crippen molar-refractivity contribution in [2.24, 2.45) is 5.92 Å². The molecular weight excluding hydrogens is 462 g/mol. The van der Waals surface area contributed by atoms with Gasteiger partial charge in [0.25, 0.3) is 5.91 Å². The van der Waals surface area contributed by atoms with E-state index >= 15 is 0 Å². The van der Waals surface area contributed by atoms with Crippen molar-refractivity contribution in [3.05, 3.63) is 53.4 Å². The number of rotatable bonds is 9. The van der Waals surface area contributed by atoms with Crippen LogP contribution in [-0.2, 0) is 20.9 Å². The Kier molecular flexibility index (Phi) is 7.06. The van der Waals surface area contributed by atoms with Crippen LogP contribution in [0.1, 0.15) is 20.3 Å². The van der Waals surface area contributed by atoms with Crippen molar-refractivity contribution in [1.29, 1.82) is 0 Å². The van der Waals surface area contributed by atoms with Crippen LogP contribution in [0.25, 0.3) is 0 Å². The highest BCUT2D eigenvalue weighted by Crippen LogP contribution is 2.28. The molecule has 2 N–H and O–H groups in total. The normalized spacial score (nSPS) is 18.5. The number of ether oxygens (including phenoxy) is 2. The Morgan fingerprint density at radius 1 is 1.32 bits per heavy atom. The monoisotopic (exact) mass is 487 g/mol. The van der Waals surface area contributed by atoms with Crippen LogP contribution in [-0.4, -0.2) is 57.8 Å². The van der Waals surface area contributed by atoms with Crippen molar-refractivity contribution >= 4 is 35.3 Å². The third-order valence-corrected chi connectivity index (χ3v) is 5.69. The number of carbonyl (C=O) groups is 3. The molecule has 0 radical (unpaired) electrons. The fraction of sp³-hybridized carbons (Fsp3) is 0.391. The SMILES string of the molecule is CC(C)C[C@@H](C(=O)Nc1ccn(C[C@@H]2CNC(=O)O2)n1)N1CC(Oc2ccccc2Cl)=CC1=O. The molecule has 2 aliphatic rings. The number of nitrogens with zero attached hydrogens (tertiary/aromatic N) is 3. The number of hydrogen-bond acceptors (Lipinski definition) is 6. The average Bonchev–Trinajstić information content (AvgIpc) is 3.49. The van der Waals surface area contributed by atoms with Gasteiger partial charge in [0.1, 0.15) is 23.7 Å². The first-order chi connectivity index (χ1) is 16.3. The number of cyclic esters (lactones) is 1. The summed E-state index contributed by atoms with van der Waals surface area (Å²) >= 11 is 6.16. The highest BCUT2D eigenvalue weighted by atomic mass is 35.5. The summed E-state index contributed by atoms with van der Waals surface area (Å²) in [5.74, 6) is 0.743. The van der Waals surface area contributed by atoms with E-state index in [-0.39, 0.29) is 30.4 Å². The molecule has 4 rings (SSSR count). The Morgan fingerprint density at radius 3 is 2.82 bits per heavy atom. The second kappa shape index (κ2) is 10.2. The average molecular weight is 488 g/mol. The number of nitrogens with one attached hydrogen (secondary N) is 2. The molecule has 11 heteroatoms. The van der Waals surface area contributed by atoms with E-state index in [1.165, 1.54) is 11.0 Å². The first kappa shape index (κ1) is 23.6. The van der Waals surface area contributed by atoms with Crippen molar-refractivity contribution in [3.8, 4) is 5.75 Å². The van der Waals surface area contributed by atoms with E-state index in [0.717, 1.165) is 0 Å². The number of hydrogen-bond donors (Lipinski definition) is 2. The third-order valence-electron chi connectivity index (χ3n) is 5.38. The van der Waals surface area contributed by atoms with Crippen LogP contribution >= 0.6 is 11.6 Å². The van der Waals surface area contributed by atoms with E-state index in [9.17, 15) is 14.4 Å². The number of para-hydroxylation sites is 1. The lowest BCUT2D eigenvalue weighted by Gasteiger charge is -2.28. The minimum Gasteiger partial charge on any atom is -0.458 e. The molecule has 0 bridgehead atoms. The first-order valence-electron chi connectivity index (χ1n) is 11.0. The molecule has 1 aromatic heterocycles. The first-order valence-corrected chi connectivity index (χ1v) is 11.4. The summed E-state index contributed by atoms with van der Waals surface area (Å²) in [5, 5.41) is 10.2. The summed E-state index contributed by atoms with van der Waals surface area (Å²) in [4.78, 5) is 38.6. The number of halogens is 1. The van der Waals surface area contributed by atoms with Gasteiger partial charge in [-0.25, -0.2) is 4.79 Å². The minimum atomic E-state index is -0.707. The maximum atomic E-state index is 13.2. The van der Waals surface area contributed by atoms with Crippen molar-refractivity contribution in [2.75, 3.05) is 18.4 Å². The van der Waals surface area contributed by atoms with Crippen molar-refractivity contribution in [2.45, 2.75) is 39.0 Å². The van der Waals surface area contributed by atoms with E-state index in [1.54, 1.807) is 41.2 Å². The summed E-state index contributed by atoms with van der Waals surface area (Å²) in [6, 6.07) is 7.95. The maximum absolute atomic E-state index is 13.2. The van der Waals surface area contributed by atoms with Gasteiger partial charge < -0.3 is 25.0 Å². The molecular formula is C23H26ClN5O5. The number of alkyl carbamates (subject to hydrolysis) is 1. The number of carbonyl (C=O) groups excluding carboxylic acids is 3. The van der Waals surface area contributed by atoms with E-state index < -0.39 is 12.1 Å². The Balaban J connectivity index is 1.40. The Hall–Kier alpha value is -3.53. The summed E-state index contributed by atoms with van der Waals surface area (Å²) < 4.78 is 12.5. The number of amides is 3. The van der Waals surface area contributed by atoms with Crippen LogP contribution in [0.5, 0.6) is 5.75 Å². The molecule has 2 aromatic rings. The molecule has 10 nitrogen and oxygen atoms in total. The number of aromatic nitrogens is 2. The topological polar surface area (TPSA) is 115 Å². The van der Waals surface area contributed by atoms with Crippen molar-refractivity contribution < 1.29 is 23.9 Å². The van der Waals surface area contributed by atoms with Gasteiger partial charge >= 0.3 is 6.09 Å². The van der Waals surface area contributed by atoms with Gasteiger partial charge in [-0.2, -0.15) is 5.10 Å². The minimum absolute atomic E-state index is 0.156. The largest absolute Gasteiger partial charge is 0.458 e. The predicted octanol–water partition coefficient (Wildman–Crippen LogP) is 2.80. The Morgan fingerprint density at radius 2 is 2.12 bits per heavy atom. The molecule has 3 amide bonds. The highest BCUT2D eigenvalue weighted by molar-refractivity contribution is 6.32. The maximum Gasteiger partial charge on any atom is 0.407 e. The predicted molar refractivity (Wildman–Crippen MR) is 124 cm³/mol. The highest BCUT2D eigenvalue weighted by Gasteiger charge is 2.35. The summed E-state index contributed by atoms with van der Waals surface area (Å²) in [6.07, 6.45) is 2.76. The van der Waals surface area contributed by atoms with Crippen LogP contribution in [0.15, 0.2) is 48.4 Å². The van der Waals surface area contributed by atoms with E-state index in [1.807, 2.05) is 13.8 Å². The lowest BCUT2D eigenvalue weighted by atomic mass is 10.0. The van der Waals surface area contributed by atoms with Crippen LogP contribution < -0.4 is 15.4 Å². The van der Waals surface area contributed by atoms with Gasteiger partial charge in [-0.3, -0.25) is 14.3 Å². The second-order valence-electron chi connectivity index (χ2n) is 8.58. The van der Waals surface area contributed by atoms with E-state index in [2.05, 4.69) is 15.7 Å². The lowest BCUT2D eigenvalue weighted by molar-refractivity contribution is -0.133. The molecule has 2 atom stereocenters. The number of benzene rings is 1. The smallest absolute Gasteiger partial charge is 0.407 e. The van der Waals surface area contributed by atoms with Gasteiger partial charge in [-0.05, 0) is 24.5 Å². The van der Waals surface area contributed by atoms with Gasteiger partial charge in [0.15, 0.2) is 5.82 Å². The van der Waals surface area contributed by atoms with Gasteiger partial charge in [0.05, 0.1) is 24.7 Å². The lowest BCUT2D eigenvalue weighted by Crippen LogP contribution is -2.46. The zero-order valence-electron chi connectivity index (χ0n) is 18.9. The van der Waals surface area contributed by atoms with E-state index in [0.29, 0.717) is 41.9 Å². The molecule has 1 saturated heterocycles. The fourth-order valence-electron chi connectivity index (χ4n) is 3.81. The van der Waals surface area contributed by atoms with Gasteiger partial charge in [-0.15, -0.1) is 0 Å². The zero-order chi connectivity index (χ0) is 24.2. The summed E-state index contributed by atoms with van der Waals surface area (Å²) in [6.45, 7) is 4.90. The van der Waals surface area contributed by atoms with Crippen LogP contribution in [0.2, 0.25) is 5.02 Å². The molecule has 0 aliphatic carbocycles. The zero-order valence-corrected chi connectivity index (χ0v) is 19.6. The van der Waals surface area contributed by atoms with Crippen LogP contribution in [0.4, 0.5) is 10.6 Å². The number of anilines is 1. The Labute approximate surface area is 201 Å². The van der Waals surface area contributed by atoms with Crippen molar-refractivity contribution in [1.82, 2.24) is 20.0 Å². The third kappa shape index (κ3) is 5.69. The molecule has 1 aromatic carbocycles. The molecule has 0 spiro atoms. The summed E-state index contributed by atoms with van der Waals surface area (Å²) in [5.41, 5.74) is 0. The molecule has 1 fully saturated rings. The molecule has 0 saturated carbocycles. The van der Waals surface area contributed by atoms with Crippen LogP contribution in [0.3, 0.4) is 0 Å². The molecule has 0 unspecified atom stereocenters. The summed E-state index contributed by atoms with van der Waals surface area (Å²) in [7, 11) is 0. The van der Waals surface area contributed by atoms with Gasteiger partial charge in [0.2, 0.25) is 5.91 Å². The second-order valence-corrected chi connectivity index (χ2v) is 8.98. The molecule has 180 valence electrons.